The van der Waals surface area contributed by atoms with Crippen LogP contribution in [0.15, 0.2) is 24.3 Å². The maximum absolute atomic E-state index is 11.9. The molecule has 0 heterocycles. The number of para-hydroxylation sites is 1. The summed E-state index contributed by atoms with van der Waals surface area (Å²) in [6, 6.07) is 6.28. The fourth-order valence-corrected chi connectivity index (χ4v) is 2.04. The van der Waals surface area contributed by atoms with Crippen molar-refractivity contribution in [1.29, 1.82) is 0 Å². The lowest BCUT2D eigenvalue weighted by Crippen LogP contribution is -2.11. The van der Waals surface area contributed by atoms with Gasteiger partial charge in [0.05, 0.1) is 13.0 Å². The van der Waals surface area contributed by atoms with E-state index in [1.807, 2.05) is 6.92 Å². The van der Waals surface area contributed by atoms with Crippen LogP contribution in [0.5, 0.6) is 5.75 Å². The number of aliphatic carboxylic acids is 1. The van der Waals surface area contributed by atoms with Crippen LogP contribution in [0, 0.1) is 0 Å². The summed E-state index contributed by atoms with van der Waals surface area (Å²) in [6.07, 6.45) is 1.53. The lowest BCUT2D eigenvalue weighted by Gasteiger charge is -2.09. The van der Waals surface area contributed by atoms with Crippen molar-refractivity contribution in [2.45, 2.75) is 26.2 Å². The molecule has 0 saturated heterocycles. The van der Waals surface area contributed by atoms with Crippen molar-refractivity contribution >= 4 is 29.0 Å². The average molecular weight is 326 g/mol. The Kier molecular flexibility index (Phi) is 8.06. The second-order valence-corrected chi connectivity index (χ2v) is 5.36. The first-order valence-electron chi connectivity index (χ1n) is 6.87. The Morgan fingerprint density at radius 2 is 1.95 bits per heavy atom. The Morgan fingerprint density at radius 3 is 2.64 bits per heavy atom. The molecule has 0 unspecified atom stereocenters. The number of unbranched alkanes of at least 4 members (excludes halogenated alkanes) is 1. The fourth-order valence-electron chi connectivity index (χ4n) is 1.45. The molecule has 1 N–H and O–H groups in total. The molecule has 0 aliphatic carbocycles. The number of thioether (sulfide) groups is 1. The predicted octanol–water partition coefficient (Wildman–Crippen LogP) is 3.35. The molecule has 7 heteroatoms. The van der Waals surface area contributed by atoms with Gasteiger partial charge < -0.3 is 14.6 Å². The van der Waals surface area contributed by atoms with Gasteiger partial charge in [0.2, 0.25) is 0 Å². The van der Waals surface area contributed by atoms with E-state index in [9.17, 15) is 14.4 Å². The molecule has 0 aliphatic rings. The first-order valence-corrected chi connectivity index (χ1v) is 7.85. The van der Waals surface area contributed by atoms with Crippen molar-refractivity contribution in [1.82, 2.24) is 0 Å². The lowest BCUT2D eigenvalue weighted by molar-refractivity contribution is -0.136. The van der Waals surface area contributed by atoms with Gasteiger partial charge in [-0.3, -0.25) is 4.79 Å². The minimum Gasteiger partial charge on any atom is -0.481 e. The number of hydrogen-bond acceptors (Lipinski definition) is 6. The normalized spacial score (nSPS) is 10.0. The molecule has 120 valence electrons. The molecule has 0 amide bonds. The first-order chi connectivity index (χ1) is 10.5. The standard InChI is InChI=1S/C15H18O6S/c1-2-3-9-20-14(18)11-6-4-5-7-12(11)21-15(19)22-10-8-13(16)17/h4-7H,2-3,8-10H2,1H3,(H,16,17). The number of carboxylic acids is 1. The van der Waals surface area contributed by atoms with Crippen molar-refractivity contribution in [3.8, 4) is 5.75 Å². The summed E-state index contributed by atoms with van der Waals surface area (Å²) in [4.78, 5) is 33.9. The van der Waals surface area contributed by atoms with Crippen LogP contribution in [0.2, 0.25) is 0 Å². The highest BCUT2D eigenvalue weighted by molar-refractivity contribution is 8.13. The van der Waals surface area contributed by atoms with Crippen LogP contribution in [0.1, 0.15) is 36.5 Å². The molecule has 22 heavy (non-hydrogen) atoms. The van der Waals surface area contributed by atoms with Crippen molar-refractivity contribution in [3.63, 3.8) is 0 Å². The Bertz CT molecular complexity index is 529. The molecule has 1 aromatic rings. The van der Waals surface area contributed by atoms with E-state index in [4.69, 9.17) is 14.6 Å². The second kappa shape index (κ2) is 9.83. The van der Waals surface area contributed by atoms with Gasteiger partial charge in [0, 0.05) is 5.75 Å². The molecule has 1 rings (SSSR count). The highest BCUT2D eigenvalue weighted by Crippen LogP contribution is 2.21. The number of carbonyl (C=O) groups excluding carboxylic acids is 2. The van der Waals surface area contributed by atoms with Gasteiger partial charge in [0.1, 0.15) is 11.3 Å². The van der Waals surface area contributed by atoms with E-state index < -0.39 is 17.2 Å². The molecule has 0 fully saturated rings. The summed E-state index contributed by atoms with van der Waals surface area (Å²) in [5.74, 6) is -1.32. The molecule has 0 bridgehead atoms. The molecule has 0 atom stereocenters. The molecule has 6 nitrogen and oxygen atoms in total. The van der Waals surface area contributed by atoms with E-state index >= 15 is 0 Å². The van der Waals surface area contributed by atoms with Crippen molar-refractivity contribution < 1.29 is 29.0 Å². The third-order valence-corrected chi connectivity index (χ3v) is 3.29. The smallest absolute Gasteiger partial charge is 0.372 e. The monoisotopic (exact) mass is 326 g/mol. The molecule has 0 radical (unpaired) electrons. The van der Waals surface area contributed by atoms with E-state index in [2.05, 4.69) is 0 Å². The lowest BCUT2D eigenvalue weighted by atomic mass is 10.2. The van der Waals surface area contributed by atoms with Crippen molar-refractivity contribution in [2.24, 2.45) is 0 Å². The van der Waals surface area contributed by atoms with Gasteiger partial charge in [-0.15, -0.1) is 0 Å². The predicted molar refractivity (Wildman–Crippen MR) is 82.4 cm³/mol. The molecular formula is C15H18O6S. The maximum Gasteiger partial charge on any atom is 0.372 e. The highest BCUT2D eigenvalue weighted by atomic mass is 32.2. The second-order valence-electron chi connectivity index (χ2n) is 4.33. The average Bonchev–Trinajstić information content (AvgIpc) is 2.47. The highest BCUT2D eigenvalue weighted by Gasteiger charge is 2.16. The molecule has 0 saturated carbocycles. The number of ether oxygens (including phenoxy) is 2. The van der Waals surface area contributed by atoms with Gasteiger partial charge in [-0.05, 0) is 30.3 Å². The maximum atomic E-state index is 11.9. The van der Waals surface area contributed by atoms with Crippen molar-refractivity contribution in [3.05, 3.63) is 29.8 Å². The Morgan fingerprint density at radius 1 is 1.23 bits per heavy atom. The molecule has 1 aromatic carbocycles. The van der Waals surface area contributed by atoms with Crippen LogP contribution in [0.25, 0.3) is 0 Å². The van der Waals surface area contributed by atoms with E-state index in [0.29, 0.717) is 6.61 Å². The Balaban J connectivity index is 2.61. The summed E-state index contributed by atoms with van der Waals surface area (Å²) in [5, 5.41) is 7.85. The van der Waals surface area contributed by atoms with Crippen LogP contribution in [-0.4, -0.2) is 34.7 Å². The van der Waals surface area contributed by atoms with E-state index in [1.165, 1.54) is 12.1 Å². The van der Waals surface area contributed by atoms with E-state index in [1.54, 1.807) is 12.1 Å². The summed E-state index contributed by atoms with van der Waals surface area (Å²) in [5.41, 5.74) is 0.172. The SMILES string of the molecule is CCCCOC(=O)c1ccccc1OC(=O)SCCC(=O)O. The van der Waals surface area contributed by atoms with E-state index in [-0.39, 0.29) is 23.5 Å². The van der Waals surface area contributed by atoms with Crippen LogP contribution in [-0.2, 0) is 9.53 Å². The van der Waals surface area contributed by atoms with Gasteiger partial charge in [0.15, 0.2) is 0 Å². The largest absolute Gasteiger partial charge is 0.481 e. The van der Waals surface area contributed by atoms with E-state index in [0.717, 1.165) is 24.6 Å². The zero-order valence-corrected chi connectivity index (χ0v) is 13.1. The summed E-state index contributed by atoms with van der Waals surface area (Å²) in [7, 11) is 0. The number of hydrogen-bond donors (Lipinski definition) is 1. The van der Waals surface area contributed by atoms with Gasteiger partial charge >= 0.3 is 17.2 Å². The number of carbonyl (C=O) groups is 3. The van der Waals surface area contributed by atoms with Crippen LogP contribution in [0.4, 0.5) is 4.79 Å². The minimum absolute atomic E-state index is 0.108. The summed E-state index contributed by atoms with van der Waals surface area (Å²) < 4.78 is 10.2. The number of rotatable bonds is 8. The Labute approximate surface area is 132 Å². The fraction of sp³-hybridized carbons (Fsp3) is 0.400. The molecule has 0 aliphatic heterocycles. The van der Waals surface area contributed by atoms with Gasteiger partial charge in [-0.1, -0.05) is 25.5 Å². The zero-order valence-electron chi connectivity index (χ0n) is 12.2. The van der Waals surface area contributed by atoms with Gasteiger partial charge in [-0.25, -0.2) is 9.59 Å². The quantitative estimate of drug-likeness (QED) is 0.578. The zero-order chi connectivity index (χ0) is 16.4. The third-order valence-electron chi connectivity index (χ3n) is 2.57. The molecule has 0 aromatic heterocycles. The number of esters is 1. The topological polar surface area (TPSA) is 89.9 Å². The molecular weight excluding hydrogens is 308 g/mol. The summed E-state index contributed by atoms with van der Waals surface area (Å²) >= 11 is 0.747. The van der Waals surface area contributed by atoms with Crippen molar-refractivity contribution in [2.75, 3.05) is 12.4 Å². The molecule has 0 spiro atoms. The minimum atomic E-state index is -0.986. The van der Waals surface area contributed by atoms with Crippen LogP contribution in [0.3, 0.4) is 0 Å². The number of benzene rings is 1. The van der Waals surface area contributed by atoms with Gasteiger partial charge in [0.25, 0.3) is 0 Å². The number of carboxylic acid groups (broad SMARTS) is 1. The third kappa shape index (κ3) is 6.62. The first kappa shape index (κ1) is 18.0. The van der Waals surface area contributed by atoms with Crippen LogP contribution >= 0.6 is 11.8 Å². The van der Waals surface area contributed by atoms with Crippen LogP contribution < -0.4 is 4.74 Å². The Hall–Kier alpha value is -2.02. The van der Waals surface area contributed by atoms with Gasteiger partial charge in [-0.2, -0.15) is 0 Å². The summed E-state index contributed by atoms with van der Waals surface area (Å²) in [6.45, 7) is 2.29.